The van der Waals surface area contributed by atoms with Crippen molar-refractivity contribution in [3.8, 4) is 0 Å². The number of carbonyl (C=O) groups excluding carboxylic acids is 1. The number of hydrogen-bond acceptors (Lipinski definition) is 1. The highest BCUT2D eigenvalue weighted by Crippen LogP contribution is 2.31. The van der Waals surface area contributed by atoms with Crippen LogP contribution in [-0.2, 0) is 11.2 Å². The molecular weight excluding hydrogens is 241 g/mol. The van der Waals surface area contributed by atoms with E-state index in [1.165, 1.54) is 0 Å². The molecule has 0 fully saturated rings. The fourth-order valence-corrected chi connectivity index (χ4v) is 2.58. The number of fused-ring (bicyclic) bond motifs is 1. The molecule has 0 radical (unpaired) electrons. The number of nitrogens with zero attached hydrogens (tertiary/aromatic N) is 1. The zero-order valence-electron chi connectivity index (χ0n) is 9.96. The maximum atomic E-state index is 14.0. The van der Waals surface area contributed by atoms with Gasteiger partial charge in [0.2, 0.25) is 5.91 Å². The first-order chi connectivity index (χ1) is 8.00. The molecule has 1 amide bonds. The molecule has 1 aliphatic heterocycles. The molecular formula is C13H15ClFNO. The van der Waals surface area contributed by atoms with Crippen molar-refractivity contribution < 1.29 is 9.18 Å². The molecule has 4 heteroatoms. The first kappa shape index (κ1) is 12.4. The topological polar surface area (TPSA) is 20.3 Å². The summed E-state index contributed by atoms with van der Waals surface area (Å²) in [6.45, 7) is 4.68. The van der Waals surface area contributed by atoms with Crippen LogP contribution in [0.25, 0.3) is 0 Å². The molecule has 2 rings (SSSR count). The lowest BCUT2D eigenvalue weighted by atomic mass is 9.95. The van der Waals surface area contributed by atoms with Crippen molar-refractivity contribution in [3.63, 3.8) is 0 Å². The van der Waals surface area contributed by atoms with E-state index in [-0.39, 0.29) is 22.7 Å². The van der Waals surface area contributed by atoms with E-state index in [4.69, 9.17) is 11.6 Å². The van der Waals surface area contributed by atoms with E-state index in [2.05, 4.69) is 0 Å². The molecule has 0 bridgehead atoms. The average Bonchev–Trinajstić information content (AvgIpc) is 2.43. The summed E-state index contributed by atoms with van der Waals surface area (Å²) in [7, 11) is 0. The molecule has 0 saturated carbocycles. The van der Waals surface area contributed by atoms with Gasteiger partial charge in [-0.3, -0.25) is 4.79 Å². The van der Waals surface area contributed by atoms with E-state index < -0.39 is 0 Å². The molecule has 1 aromatic carbocycles. The summed E-state index contributed by atoms with van der Waals surface area (Å²) in [5.41, 5.74) is 1.63. The van der Waals surface area contributed by atoms with Gasteiger partial charge in [0, 0.05) is 25.9 Å². The number of hydrogen-bond donors (Lipinski definition) is 0. The van der Waals surface area contributed by atoms with E-state index in [0.29, 0.717) is 25.1 Å². The van der Waals surface area contributed by atoms with Crippen LogP contribution in [0, 0.1) is 5.82 Å². The summed E-state index contributed by atoms with van der Waals surface area (Å²) in [5, 5.41) is 0.159. The Labute approximate surface area is 105 Å². The van der Waals surface area contributed by atoms with E-state index in [0.717, 1.165) is 5.56 Å². The first-order valence-electron chi connectivity index (χ1n) is 5.73. The van der Waals surface area contributed by atoms with Crippen LogP contribution < -0.4 is 0 Å². The number of benzene rings is 1. The quantitative estimate of drug-likeness (QED) is 0.698. The van der Waals surface area contributed by atoms with Gasteiger partial charge in [-0.25, -0.2) is 4.39 Å². The molecule has 1 aromatic rings. The Bertz CT molecular complexity index is 461. The zero-order valence-corrected chi connectivity index (χ0v) is 10.7. The van der Waals surface area contributed by atoms with Gasteiger partial charge in [-0.1, -0.05) is 24.6 Å². The van der Waals surface area contributed by atoms with Crippen molar-refractivity contribution in [2.45, 2.75) is 26.2 Å². The van der Waals surface area contributed by atoms with Crippen LogP contribution in [-0.4, -0.2) is 23.9 Å². The number of amides is 1. The van der Waals surface area contributed by atoms with Crippen LogP contribution in [0.5, 0.6) is 0 Å². The Hall–Kier alpha value is -1.09. The Morgan fingerprint density at radius 1 is 1.53 bits per heavy atom. The molecule has 0 aliphatic carbocycles. The highest BCUT2D eigenvalue weighted by atomic mass is 35.5. The minimum Gasteiger partial charge on any atom is -0.342 e. The van der Waals surface area contributed by atoms with Crippen LogP contribution in [0.15, 0.2) is 12.1 Å². The Balaban J connectivity index is 2.41. The fourth-order valence-electron chi connectivity index (χ4n) is 2.41. The Kier molecular flexibility index (Phi) is 3.38. The fraction of sp³-hybridized carbons (Fsp3) is 0.462. The predicted molar refractivity (Wildman–Crippen MR) is 65.8 cm³/mol. The number of rotatable bonds is 0. The van der Waals surface area contributed by atoms with Crippen LogP contribution in [0.4, 0.5) is 4.39 Å². The second kappa shape index (κ2) is 4.65. The second-order valence-corrected chi connectivity index (χ2v) is 4.96. The van der Waals surface area contributed by atoms with Crippen molar-refractivity contribution in [1.29, 1.82) is 0 Å². The van der Waals surface area contributed by atoms with E-state index in [1.807, 2.05) is 13.0 Å². The summed E-state index contributed by atoms with van der Waals surface area (Å²) in [6, 6.07) is 3.45. The maximum Gasteiger partial charge on any atom is 0.219 e. The van der Waals surface area contributed by atoms with Gasteiger partial charge in [-0.15, -0.1) is 0 Å². The first-order valence-corrected chi connectivity index (χ1v) is 6.10. The standard InChI is InChI=1S/C13H15ClFNO/c1-8-7-16(9(2)17)6-5-10-3-4-11(14)13(15)12(8)10/h3-4,8H,5-7H2,1-2H3. The lowest BCUT2D eigenvalue weighted by Gasteiger charge is -2.21. The normalized spacial score (nSPS) is 19.8. The second-order valence-electron chi connectivity index (χ2n) is 4.55. The molecule has 1 atom stereocenters. The molecule has 0 N–H and O–H groups in total. The van der Waals surface area contributed by atoms with Gasteiger partial charge in [0.15, 0.2) is 0 Å². The van der Waals surface area contributed by atoms with Crippen molar-refractivity contribution in [2.75, 3.05) is 13.1 Å². The Morgan fingerprint density at radius 2 is 2.24 bits per heavy atom. The van der Waals surface area contributed by atoms with Crippen LogP contribution in [0.2, 0.25) is 5.02 Å². The van der Waals surface area contributed by atoms with E-state index >= 15 is 0 Å². The summed E-state index contributed by atoms with van der Waals surface area (Å²) in [4.78, 5) is 13.2. The molecule has 2 nitrogen and oxygen atoms in total. The van der Waals surface area contributed by atoms with Crippen molar-refractivity contribution >= 4 is 17.5 Å². The molecule has 17 heavy (non-hydrogen) atoms. The molecule has 1 heterocycles. The summed E-state index contributed by atoms with van der Waals surface area (Å²) in [5.74, 6) is -0.312. The van der Waals surface area contributed by atoms with Crippen molar-refractivity contribution in [1.82, 2.24) is 4.90 Å². The SMILES string of the molecule is CC(=O)N1CCc2ccc(Cl)c(F)c2C(C)C1. The van der Waals surface area contributed by atoms with E-state index in [1.54, 1.807) is 17.9 Å². The summed E-state index contributed by atoms with van der Waals surface area (Å²) >= 11 is 5.81. The van der Waals surface area contributed by atoms with Gasteiger partial charge in [0.05, 0.1) is 5.02 Å². The number of carbonyl (C=O) groups is 1. The lowest BCUT2D eigenvalue weighted by molar-refractivity contribution is -0.128. The van der Waals surface area contributed by atoms with E-state index in [9.17, 15) is 9.18 Å². The Morgan fingerprint density at radius 3 is 2.88 bits per heavy atom. The third-order valence-electron chi connectivity index (χ3n) is 3.31. The third kappa shape index (κ3) is 2.29. The highest BCUT2D eigenvalue weighted by Gasteiger charge is 2.25. The summed E-state index contributed by atoms with van der Waals surface area (Å²) < 4.78 is 14.0. The van der Waals surface area contributed by atoms with Crippen molar-refractivity contribution in [3.05, 3.63) is 34.1 Å². The number of halogens is 2. The highest BCUT2D eigenvalue weighted by molar-refractivity contribution is 6.30. The predicted octanol–water partition coefficient (Wildman–Crippen LogP) is 2.99. The zero-order chi connectivity index (χ0) is 12.6. The largest absolute Gasteiger partial charge is 0.342 e. The maximum absolute atomic E-state index is 14.0. The smallest absolute Gasteiger partial charge is 0.219 e. The van der Waals surface area contributed by atoms with Gasteiger partial charge in [-0.05, 0) is 23.6 Å². The van der Waals surface area contributed by atoms with Crippen LogP contribution >= 0.6 is 11.6 Å². The molecule has 0 saturated heterocycles. The molecule has 0 aromatic heterocycles. The van der Waals surface area contributed by atoms with Gasteiger partial charge in [0.1, 0.15) is 5.82 Å². The monoisotopic (exact) mass is 255 g/mol. The van der Waals surface area contributed by atoms with Crippen LogP contribution in [0.3, 0.4) is 0 Å². The lowest BCUT2D eigenvalue weighted by Crippen LogP contribution is -2.32. The molecule has 0 spiro atoms. The average molecular weight is 256 g/mol. The van der Waals surface area contributed by atoms with Crippen LogP contribution in [0.1, 0.15) is 30.9 Å². The summed E-state index contributed by atoms with van der Waals surface area (Å²) in [6.07, 6.45) is 0.688. The van der Waals surface area contributed by atoms with Gasteiger partial charge in [-0.2, -0.15) is 0 Å². The minimum absolute atomic E-state index is 0.0184. The third-order valence-corrected chi connectivity index (χ3v) is 3.60. The molecule has 92 valence electrons. The molecule has 1 unspecified atom stereocenters. The van der Waals surface area contributed by atoms with Gasteiger partial charge < -0.3 is 4.90 Å². The van der Waals surface area contributed by atoms with Gasteiger partial charge >= 0.3 is 0 Å². The molecule has 1 aliphatic rings. The van der Waals surface area contributed by atoms with Gasteiger partial charge in [0.25, 0.3) is 0 Å². The minimum atomic E-state index is -0.331. The van der Waals surface area contributed by atoms with Crippen molar-refractivity contribution in [2.24, 2.45) is 0 Å².